The zero-order valence-corrected chi connectivity index (χ0v) is 9.51. The molecule has 1 unspecified atom stereocenters. The standard InChI is InChI=1S/C11H18N4O/c12-14-13-7-9-6-11(16)15(8-9)10-4-2-1-3-5-10/h9-10H,1-8H2. The van der Waals surface area contributed by atoms with Crippen molar-refractivity contribution in [2.75, 3.05) is 13.1 Å². The van der Waals surface area contributed by atoms with Gasteiger partial charge in [-0.05, 0) is 24.3 Å². The Balaban J connectivity index is 1.90. The summed E-state index contributed by atoms with van der Waals surface area (Å²) < 4.78 is 0. The number of carbonyl (C=O) groups is 1. The molecule has 88 valence electrons. The van der Waals surface area contributed by atoms with E-state index in [0.717, 1.165) is 19.4 Å². The first-order valence-electron chi connectivity index (χ1n) is 6.11. The van der Waals surface area contributed by atoms with E-state index in [-0.39, 0.29) is 11.8 Å². The van der Waals surface area contributed by atoms with Gasteiger partial charge in [0, 0.05) is 30.5 Å². The van der Waals surface area contributed by atoms with Gasteiger partial charge in [-0.2, -0.15) is 0 Å². The van der Waals surface area contributed by atoms with Gasteiger partial charge in [0.05, 0.1) is 0 Å². The molecule has 5 nitrogen and oxygen atoms in total. The highest BCUT2D eigenvalue weighted by Gasteiger charge is 2.34. The molecule has 1 heterocycles. The van der Waals surface area contributed by atoms with Crippen molar-refractivity contribution in [3.8, 4) is 0 Å². The van der Waals surface area contributed by atoms with Crippen LogP contribution in [0.1, 0.15) is 38.5 Å². The highest BCUT2D eigenvalue weighted by molar-refractivity contribution is 5.79. The summed E-state index contributed by atoms with van der Waals surface area (Å²) in [7, 11) is 0. The largest absolute Gasteiger partial charge is 0.339 e. The van der Waals surface area contributed by atoms with Crippen molar-refractivity contribution in [2.24, 2.45) is 11.0 Å². The Morgan fingerprint density at radius 3 is 2.81 bits per heavy atom. The second-order valence-electron chi connectivity index (χ2n) is 4.82. The lowest BCUT2D eigenvalue weighted by molar-refractivity contribution is -0.130. The quantitative estimate of drug-likeness (QED) is 0.411. The lowest BCUT2D eigenvalue weighted by atomic mass is 9.94. The summed E-state index contributed by atoms with van der Waals surface area (Å²) in [5, 5.41) is 3.57. The molecule has 0 aromatic heterocycles. The Kier molecular flexibility index (Phi) is 3.67. The van der Waals surface area contributed by atoms with E-state index in [9.17, 15) is 4.79 Å². The Hall–Kier alpha value is -1.22. The molecule has 0 spiro atoms. The predicted octanol–water partition coefficient (Wildman–Crippen LogP) is 2.48. The van der Waals surface area contributed by atoms with Gasteiger partial charge in [-0.3, -0.25) is 4.79 Å². The minimum absolute atomic E-state index is 0.241. The van der Waals surface area contributed by atoms with Crippen molar-refractivity contribution in [3.63, 3.8) is 0 Å². The van der Waals surface area contributed by atoms with Crippen LogP contribution >= 0.6 is 0 Å². The minimum atomic E-state index is 0.241. The number of azide groups is 1. The molecule has 2 aliphatic rings. The Morgan fingerprint density at radius 2 is 2.12 bits per heavy atom. The first-order chi connectivity index (χ1) is 7.81. The number of likely N-dealkylation sites (tertiary alicyclic amines) is 1. The van der Waals surface area contributed by atoms with Gasteiger partial charge >= 0.3 is 0 Å². The smallest absolute Gasteiger partial charge is 0.223 e. The monoisotopic (exact) mass is 222 g/mol. The molecule has 0 radical (unpaired) electrons. The summed E-state index contributed by atoms with van der Waals surface area (Å²) >= 11 is 0. The number of carbonyl (C=O) groups excluding carboxylic acids is 1. The summed E-state index contributed by atoms with van der Waals surface area (Å²) in [4.78, 5) is 16.6. The third-order valence-electron chi connectivity index (χ3n) is 3.66. The van der Waals surface area contributed by atoms with E-state index in [1.807, 2.05) is 4.90 Å². The van der Waals surface area contributed by atoms with Crippen LogP contribution in [-0.4, -0.2) is 29.9 Å². The molecule has 0 aromatic rings. The van der Waals surface area contributed by atoms with Gasteiger partial charge in [-0.25, -0.2) is 0 Å². The second kappa shape index (κ2) is 5.21. The number of hydrogen-bond acceptors (Lipinski definition) is 2. The van der Waals surface area contributed by atoms with Gasteiger partial charge in [-0.1, -0.05) is 24.4 Å². The van der Waals surface area contributed by atoms with Crippen molar-refractivity contribution < 1.29 is 4.79 Å². The molecule has 1 saturated carbocycles. The van der Waals surface area contributed by atoms with Crippen molar-refractivity contribution in [3.05, 3.63) is 10.4 Å². The predicted molar refractivity (Wildman–Crippen MR) is 60.7 cm³/mol. The van der Waals surface area contributed by atoms with Crippen LogP contribution < -0.4 is 0 Å². The van der Waals surface area contributed by atoms with E-state index < -0.39 is 0 Å². The topological polar surface area (TPSA) is 69.1 Å². The lowest BCUT2D eigenvalue weighted by Crippen LogP contribution is -2.38. The van der Waals surface area contributed by atoms with E-state index >= 15 is 0 Å². The average Bonchev–Trinajstić information content (AvgIpc) is 2.69. The van der Waals surface area contributed by atoms with Crippen LogP contribution in [0.3, 0.4) is 0 Å². The lowest BCUT2D eigenvalue weighted by Gasteiger charge is -2.31. The van der Waals surface area contributed by atoms with E-state index in [0.29, 0.717) is 19.0 Å². The number of hydrogen-bond donors (Lipinski definition) is 0. The SMILES string of the molecule is [N-]=[N+]=NCC1CC(=O)N(C2CCCCC2)C1. The van der Waals surface area contributed by atoms with E-state index in [1.54, 1.807) is 0 Å². The van der Waals surface area contributed by atoms with Crippen LogP contribution in [0.5, 0.6) is 0 Å². The van der Waals surface area contributed by atoms with Crippen LogP contribution in [0.25, 0.3) is 10.4 Å². The fourth-order valence-electron chi connectivity index (χ4n) is 2.83. The molecule has 0 aromatic carbocycles. The van der Waals surface area contributed by atoms with E-state index in [1.165, 1.54) is 19.3 Å². The molecule has 2 rings (SSSR count). The molecule has 1 aliphatic heterocycles. The number of nitrogens with zero attached hydrogens (tertiary/aromatic N) is 4. The number of amides is 1. The van der Waals surface area contributed by atoms with Crippen molar-refractivity contribution in [2.45, 2.75) is 44.6 Å². The zero-order chi connectivity index (χ0) is 11.4. The van der Waals surface area contributed by atoms with Gasteiger partial charge in [0.25, 0.3) is 0 Å². The Morgan fingerprint density at radius 1 is 1.38 bits per heavy atom. The van der Waals surface area contributed by atoms with Crippen LogP contribution in [0.15, 0.2) is 5.11 Å². The summed E-state index contributed by atoms with van der Waals surface area (Å²) in [6.07, 6.45) is 6.67. The Bertz CT molecular complexity index is 305. The summed E-state index contributed by atoms with van der Waals surface area (Å²) in [6, 6.07) is 0.456. The van der Waals surface area contributed by atoms with Crippen molar-refractivity contribution in [1.82, 2.24) is 4.90 Å². The first-order valence-corrected chi connectivity index (χ1v) is 6.11. The van der Waals surface area contributed by atoms with Gasteiger partial charge in [0.15, 0.2) is 0 Å². The maximum absolute atomic E-state index is 11.8. The normalized spacial score (nSPS) is 26.9. The number of rotatable bonds is 3. The molecular weight excluding hydrogens is 204 g/mol. The van der Waals surface area contributed by atoms with Gasteiger partial charge in [0.2, 0.25) is 5.91 Å². The van der Waals surface area contributed by atoms with E-state index in [2.05, 4.69) is 10.0 Å². The van der Waals surface area contributed by atoms with E-state index in [4.69, 9.17) is 5.53 Å². The molecule has 16 heavy (non-hydrogen) atoms. The Labute approximate surface area is 95.4 Å². The molecule has 2 fully saturated rings. The molecule has 1 atom stereocenters. The van der Waals surface area contributed by atoms with Gasteiger partial charge in [0.1, 0.15) is 0 Å². The van der Waals surface area contributed by atoms with Crippen LogP contribution in [0.4, 0.5) is 0 Å². The van der Waals surface area contributed by atoms with Gasteiger partial charge < -0.3 is 4.90 Å². The minimum Gasteiger partial charge on any atom is -0.339 e. The van der Waals surface area contributed by atoms with Gasteiger partial charge in [-0.15, -0.1) is 0 Å². The van der Waals surface area contributed by atoms with Crippen LogP contribution in [0.2, 0.25) is 0 Å². The fraction of sp³-hybridized carbons (Fsp3) is 0.909. The summed E-state index contributed by atoms with van der Waals surface area (Å²) in [5.41, 5.74) is 8.27. The fourth-order valence-corrected chi connectivity index (χ4v) is 2.83. The first kappa shape index (κ1) is 11.3. The van der Waals surface area contributed by atoms with Crippen LogP contribution in [-0.2, 0) is 4.79 Å². The zero-order valence-electron chi connectivity index (χ0n) is 9.51. The molecule has 1 aliphatic carbocycles. The molecule has 1 amide bonds. The second-order valence-corrected chi connectivity index (χ2v) is 4.82. The highest BCUT2D eigenvalue weighted by Crippen LogP contribution is 2.28. The molecule has 0 N–H and O–H groups in total. The molecule has 0 bridgehead atoms. The third kappa shape index (κ3) is 2.47. The highest BCUT2D eigenvalue weighted by atomic mass is 16.2. The summed E-state index contributed by atoms with van der Waals surface area (Å²) in [6.45, 7) is 1.26. The van der Waals surface area contributed by atoms with Crippen LogP contribution in [0, 0.1) is 5.92 Å². The maximum atomic E-state index is 11.8. The molecular formula is C11H18N4O. The molecule has 1 saturated heterocycles. The summed E-state index contributed by atoms with van der Waals surface area (Å²) in [5.74, 6) is 0.496. The molecule has 5 heteroatoms. The average molecular weight is 222 g/mol. The maximum Gasteiger partial charge on any atom is 0.223 e. The third-order valence-corrected chi connectivity index (χ3v) is 3.66. The van der Waals surface area contributed by atoms with Crippen molar-refractivity contribution in [1.29, 1.82) is 0 Å². The van der Waals surface area contributed by atoms with Crippen molar-refractivity contribution >= 4 is 5.91 Å².